The Morgan fingerprint density at radius 1 is 1.33 bits per heavy atom. The highest BCUT2D eigenvalue weighted by atomic mass is 16.3. The summed E-state index contributed by atoms with van der Waals surface area (Å²) in [6, 6.07) is 7.66. The second-order valence-electron chi connectivity index (χ2n) is 5.87. The second kappa shape index (κ2) is 3.97. The Kier molecular flexibility index (Phi) is 2.39. The van der Waals surface area contributed by atoms with Crippen LogP contribution in [0.15, 0.2) is 18.2 Å². The fourth-order valence-electron chi connectivity index (χ4n) is 4.15. The highest BCUT2D eigenvalue weighted by Gasteiger charge is 2.43. The van der Waals surface area contributed by atoms with Crippen molar-refractivity contribution in [1.82, 2.24) is 5.32 Å². The zero-order valence-electron chi connectivity index (χ0n) is 10.6. The minimum Gasteiger partial charge on any atom is -0.395 e. The first-order valence-corrected chi connectivity index (χ1v) is 7.11. The number of nitrogens with one attached hydrogen (secondary N) is 1. The maximum absolute atomic E-state index is 9.48. The summed E-state index contributed by atoms with van der Waals surface area (Å²) in [5.41, 5.74) is 4.46. The Morgan fingerprint density at radius 3 is 3.17 bits per heavy atom. The van der Waals surface area contributed by atoms with Gasteiger partial charge in [-0.1, -0.05) is 24.6 Å². The van der Waals surface area contributed by atoms with E-state index in [4.69, 9.17) is 0 Å². The molecule has 0 unspecified atom stereocenters. The van der Waals surface area contributed by atoms with E-state index in [9.17, 15) is 5.11 Å². The summed E-state index contributed by atoms with van der Waals surface area (Å²) in [5.74, 6) is 0.748. The first-order chi connectivity index (χ1) is 8.88. The third-order valence-corrected chi connectivity index (χ3v) is 4.94. The Balaban J connectivity index is 1.83. The lowest BCUT2D eigenvalue weighted by Crippen LogP contribution is -2.43. The van der Waals surface area contributed by atoms with Crippen LogP contribution in [0.25, 0.3) is 0 Å². The van der Waals surface area contributed by atoms with E-state index in [1.807, 2.05) is 0 Å². The lowest BCUT2D eigenvalue weighted by atomic mass is 9.96. The summed E-state index contributed by atoms with van der Waals surface area (Å²) in [7, 11) is 0. The molecule has 3 nitrogen and oxygen atoms in total. The van der Waals surface area contributed by atoms with Crippen molar-refractivity contribution in [2.75, 3.05) is 18.1 Å². The molecule has 3 heteroatoms. The molecule has 1 saturated carbocycles. The van der Waals surface area contributed by atoms with Gasteiger partial charge in [0.2, 0.25) is 0 Å². The first kappa shape index (κ1) is 10.8. The van der Waals surface area contributed by atoms with E-state index in [-0.39, 0.29) is 12.6 Å². The molecule has 4 rings (SSSR count). The van der Waals surface area contributed by atoms with Crippen molar-refractivity contribution in [3.8, 4) is 0 Å². The quantitative estimate of drug-likeness (QED) is 0.788. The Bertz CT molecular complexity index is 474. The van der Waals surface area contributed by atoms with Crippen LogP contribution in [0.5, 0.6) is 0 Å². The normalized spacial score (nSPS) is 33.2. The molecule has 1 aliphatic carbocycles. The third-order valence-electron chi connectivity index (χ3n) is 4.94. The van der Waals surface area contributed by atoms with Crippen molar-refractivity contribution in [1.29, 1.82) is 0 Å². The minimum absolute atomic E-state index is 0.213. The van der Waals surface area contributed by atoms with Gasteiger partial charge in [0.15, 0.2) is 0 Å². The van der Waals surface area contributed by atoms with Crippen molar-refractivity contribution in [2.24, 2.45) is 0 Å². The Morgan fingerprint density at radius 2 is 2.28 bits per heavy atom. The molecule has 0 spiro atoms. The smallest absolute Gasteiger partial charge is 0.0602 e. The molecule has 0 radical (unpaired) electrons. The standard InChI is InChI=1S/C15H20N2O/c18-9-11-8-17-14-6-2-4-12(14)13-5-1-3-10(7-16-11)15(13)17/h1,3,5,11-12,14,16,18H,2,4,6-9H2/t11-,12+,14+/m1/s1. The molecule has 2 heterocycles. The van der Waals surface area contributed by atoms with Crippen LogP contribution >= 0.6 is 0 Å². The zero-order valence-corrected chi connectivity index (χ0v) is 10.6. The van der Waals surface area contributed by atoms with E-state index >= 15 is 0 Å². The van der Waals surface area contributed by atoms with Gasteiger partial charge in [0.05, 0.1) is 6.61 Å². The van der Waals surface area contributed by atoms with Crippen molar-refractivity contribution in [3.05, 3.63) is 29.3 Å². The minimum atomic E-state index is 0.213. The monoisotopic (exact) mass is 244 g/mol. The van der Waals surface area contributed by atoms with Crippen molar-refractivity contribution in [3.63, 3.8) is 0 Å². The van der Waals surface area contributed by atoms with Crippen LogP contribution in [0.4, 0.5) is 5.69 Å². The van der Waals surface area contributed by atoms with Gasteiger partial charge < -0.3 is 15.3 Å². The molecular weight excluding hydrogens is 224 g/mol. The lowest BCUT2D eigenvalue weighted by Gasteiger charge is -2.29. The molecule has 0 amide bonds. The molecule has 1 aromatic rings. The van der Waals surface area contributed by atoms with Gasteiger partial charge in [0, 0.05) is 36.8 Å². The number of aliphatic hydroxyl groups is 1. The largest absolute Gasteiger partial charge is 0.395 e. The van der Waals surface area contributed by atoms with Crippen LogP contribution in [0.1, 0.15) is 36.3 Å². The average molecular weight is 244 g/mol. The first-order valence-electron chi connectivity index (χ1n) is 7.11. The van der Waals surface area contributed by atoms with Crippen molar-refractivity contribution >= 4 is 5.69 Å². The van der Waals surface area contributed by atoms with Gasteiger partial charge >= 0.3 is 0 Å². The van der Waals surface area contributed by atoms with Gasteiger partial charge in [-0.15, -0.1) is 0 Å². The van der Waals surface area contributed by atoms with Gasteiger partial charge in [0.25, 0.3) is 0 Å². The van der Waals surface area contributed by atoms with Gasteiger partial charge in [-0.3, -0.25) is 0 Å². The summed E-state index contributed by atoms with van der Waals surface area (Å²) >= 11 is 0. The second-order valence-corrected chi connectivity index (χ2v) is 5.87. The summed E-state index contributed by atoms with van der Waals surface area (Å²) in [4.78, 5) is 2.59. The molecule has 1 fully saturated rings. The molecule has 0 aromatic heterocycles. The Hall–Kier alpha value is -1.06. The van der Waals surface area contributed by atoms with E-state index in [0.29, 0.717) is 6.04 Å². The fraction of sp³-hybridized carbons (Fsp3) is 0.600. The highest BCUT2D eigenvalue weighted by Crippen LogP contribution is 2.50. The van der Waals surface area contributed by atoms with E-state index in [2.05, 4.69) is 28.4 Å². The SMILES string of the molecule is OC[C@H]1CN2c3c(cccc3[C@@H]3CCC[C@@H]32)CN1. The molecular formula is C15H20N2O. The predicted molar refractivity (Wildman–Crippen MR) is 71.9 cm³/mol. The molecule has 3 atom stereocenters. The van der Waals surface area contributed by atoms with Crippen LogP contribution in [0.3, 0.4) is 0 Å². The highest BCUT2D eigenvalue weighted by molar-refractivity contribution is 5.67. The van der Waals surface area contributed by atoms with Crippen LogP contribution in [-0.2, 0) is 6.54 Å². The summed E-state index contributed by atoms with van der Waals surface area (Å²) in [6.07, 6.45) is 4.01. The van der Waals surface area contributed by atoms with Crippen LogP contribution < -0.4 is 10.2 Å². The molecule has 2 N–H and O–H groups in total. The Labute approximate surface area is 108 Å². The number of para-hydroxylation sites is 1. The van der Waals surface area contributed by atoms with E-state index < -0.39 is 0 Å². The van der Waals surface area contributed by atoms with E-state index in [0.717, 1.165) is 19.0 Å². The van der Waals surface area contributed by atoms with Gasteiger partial charge in [-0.05, 0) is 24.0 Å². The summed E-state index contributed by atoms with van der Waals surface area (Å²) < 4.78 is 0. The van der Waals surface area contributed by atoms with E-state index in [1.54, 1.807) is 5.56 Å². The third kappa shape index (κ3) is 1.38. The molecule has 0 saturated heterocycles. The number of benzene rings is 1. The molecule has 2 aliphatic heterocycles. The van der Waals surface area contributed by atoms with Crippen LogP contribution in [0.2, 0.25) is 0 Å². The molecule has 3 aliphatic rings. The number of nitrogens with zero attached hydrogens (tertiary/aromatic N) is 1. The average Bonchev–Trinajstić information content (AvgIpc) is 2.91. The molecule has 18 heavy (non-hydrogen) atoms. The number of hydrogen-bond acceptors (Lipinski definition) is 3. The topological polar surface area (TPSA) is 35.5 Å². The molecule has 0 bridgehead atoms. The predicted octanol–water partition coefficient (Wildman–Crippen LogP) is 1.61. The molecule has 1 aromatic carbocycles. The number of fused-ring (bicyclic) bond motifs is 3. The number of aliphatic hydroxyl groups excluding tert-OH is 1. The van der Waals surface area contributed by atoms with Crippen LogP contribution in [0, 0.1) is 0 Å². The maximum Gasteiger partial charge on any atom is 0.0602 e. The zero-order chi connectivity index (χ0) is 12.1. The van der Waals surface area contributed by atoms with Crippen LogP contribution in [-0.4, -0.2) is 30.3 Å². The van der Waals surface area contributed by atoms with Crippen molar-refractivity contribution in [2.45, 2.75) is 43.8 Å². The van der Waals surface area contributed by atoms with Crippen molar-refractivity contribution < 1.29 is 5.11 Å². The maximum atomic E-state index is 9.48. The van der Waals surface area contributed by atoms with Gasteiger partial charge in [-0.25, -0.2) is 0 Å². The lowest BCUT2D eigenvalue weighted by molar-refractivity contribution is 0.243. The van der Waals surface area contributed by atoms with Gasteiger partial charge in [0.1, 0.15) is 0 Å². The number of rotatable bonds is 1. The van der Waals surface area contributed by atoms with E-state index in [1.165, 1.54) is 30.5 Å². The summed E-state index contributed by atoms with van der Waals surface area (Å²) in [5, 5.41) is 12.9. The fourth-order valence-corrected chi connectivity index (χ4v) is 4.15. The summed E-state index contributed by atoms with van der Waals surface area (Å²) in [6.45, 7) is 2.09. The number of anilines is 1. The number of hydrogen-bond donors (Lipinski definition) is 2. The molecule has 96 valence electrons. The van der Waals surface area contributed by atoms with Gasteiger partial charge in [-0.2, -0.15) is 0 Å².